The van der Waals surface area contributed by atoms with Gasteiger partial charge in [-0.1, -0.05) is 24.6 Å². The van der Waals surface area contributed by atoms with Crippen LogP contribution in [-0.4, -0.2) is 50.2 Å². The number of amides is 1. The first kappa shape index (κ1) is 21.0. The number of fused-ring (bicyclic) bond motifs is 2. The number of thioether (sulfide) groups is 1. The van der Waals surface area contributed by atoms with Crippen LogP contribution in [0.4, 0.5) is 5.69 Å². The fourth-order valence-corrected chi connectivity index (χ4v) is 6.76. The van der Waals surface area contributed by atoms with Crippen molar-refractivity contribution < 1.29 is 9.53 Å². The maximum Gasteiger partial charge on any atom is 0.222 e. The summed E-state index contributed by atoms with van der Waals surface area (Å²) in [5, 5.41) is 6.67. The maximum absolute atomic E-state index is 12.2. The van der Waals surface area contributed by atoms with Crippen LogP contribution in [0.5, 0.6) is 0 Å². The number of carbonyl (C=O) groups is 1. The highest BCUT2D eigenvalue weighted by Gasteiger charge is 2.46. The number of nitrogens with zero attached hydrogens (tertiary/aromatic N) is 1. The molecule has 160 valence electrons. The molecular formula is C23H35N3O2S. The topological polar surface area (TPSA) is 53.6 Å². The van der Waals surface area contributed by atoms with E-state index in [1.54, 1.807) is 24.4 Å². The molecule has 0 spiro atoms. The van der Waals surface area contributed by atoms with Gasteiger partial charge in [-0.05, 0) is 75.4 Å². The van der Waals surface area contributed by atoms with Crippen LogP contribution in [-0.2, 0) is 14.9 Å². The Morgan fingerprint density at radius 2 is 2.24 bits per heavy atom. The molecule has 2 aliphatic heterocycles. The van der Waals surface area contributed by atoms with Gasteiger partial charge in [-0.25, -0.2) is 0 Å². The van der Waals surface area contributed by atoms with E-state index in [-0.39, 0.29) is 11.4 Å². The minimum Gasteiger partial charge on any atom is -0.385 e. The molecule has 0 radical (unpaired) electrons. The second-order valence-electron chi connectivity index (χ2n) is 9.08. The van der Waals surface area contributed by atoms with Crippen molar-refractivity contribution in [1.29, 1.82) is 0 Å². The van der Waals surface area contributed by atoms with Crippen molar-refractivity contribution in [3.05, 3.63) is 23.3 Å². The Balaban J connectivity index is 1.51. The first-order valence-electron chi connectivity index (χ1n) is 11.1. The number of rotatable bonds is 6. The normalized spacial score (nSPS) is 29.1. The third kappa shape index (κ3) is 4.30. The summed E-state index contributed by atoms with van der Waals surface area (Å²) < 4.78 is 5.04. The van der Waals surface area contributed by atoms with Crippen LogP contribution in [0.1, 0.15) is 56.1 Å². The number of piperidine rings is 1. The van der Waals surface area contributed by atoms with Crippen LogP contribution < -0.4 is 10.6 Å². The van der Waals surface area contributed by atoms with E-state index in [1.165, 1.54) is 61.3 Å². The lowest BCUT2D eigenvalue weighted by molar-refractivity contribution is -0.121. The lowest BCUT2D eigenvalue weighted by atomic mass is 9.58. The van der Waals surface area contributed by atoms with Gasteiger partial charge in [0, 0.05) is 37.0 Å². The first-order chi connectivity index (χ1) is 14.0. The quantitative estimate of drug-likeness (QED) is 0.683. The summed E-state index contributed by atoms with van der Waals surface area (Å²) in [4.78, 5) is 16.0. The Hall–Kier alpha value is -1.24. The van der Waals surface area contributed by atoms with E-state index in [1.807, 2.05) is 0 Å². The Kier molecular flexibility index (Phi) is 6.42. The number of methoxy groups -OCH3 is 1. The van der Waals surface area contributed by atoms with Gasteiger partial charge in [0.25, 0.3) is 0 Å². The van der Waals surface area contributed by atoms with E-state index in [2.05, 4.69) is 41.6 Å². The molecule has 2 fully saturated rings. The van der Waals surface area contributed by atoms with Crippen LogP contribution in [0.25, 0.3) is 0 Å². The predicted molar refractivity (Wildman–Crippen MR) is 119 cm³/mol. The lowest BCUT2D eigenvalue weighted by Gasteiger charge is -2.51. The summed E-state index contributed by atoms with van der Waals surface area (Å²) in [5.41, 5.74) is 4.41. The van der Waals surface area contributed by atoms with Gasteiger partial charge in [0.15, 0.2) is 5.50 Å². The molecule has 4 rings (SSSR count). The van der Waals surface area contributed by atoms with E-state index >= 15 is 0 Å². The average molecular weight is 418 g/mol. The number of hydrogen-bond donors (Lipinski definition) is 2. The van der Waals surface area contributed by atoms with Crippen LogP contribution in [0.15, 0.2) is 17.0 Å². The first-order valence-corrected chi connectivity index (χ1v) is 11.9. The number of likely N-dealkylation sites (tertiary alicyclic amines) is 1. The smallest absolute Gasteiger partial charge is 0.222 e. The van der Waals surface area contributed by atoms with E-state index in [4.69, 9.17) is 4.74 Å². The van der Waals surface area contributed by atoms with Crippen molar-refractivity contribution in [3.8, 4) is 0 Å². The zero-order valence-corrected chi connectivity index (χ0v) is 18.9. The molecule has 3 unspecified atom stereocenters. The molecular weight excluding hydrogens is 382 g/mol. The highest BCUT2D eigenvalue weighted by atomic mass is 32.2. The molecule has 0 aromatic heterocycles. The minimum absolute atomic E-state index is 0.0770. The molecule has 1 aliphatic carbocycles. The maximum atomic E-state index is 12.2. The number of anilines is 1. The molecule has 1 aromatic carbocycles. The van der Waals surface area contributed by atoms with Crippen LogP contribution in [0, 0.1) is 12.8 Å². The summed E-state index contributed by atoms with van der Waals surface area (Å²) in [5.74, 6) is 0.843. The molecule has 2 N–H and O–H groups in total. The van der Waals surface area contributed by atoms with Crippen LogP contribution in [0.2, 0.25) is 0 Å². The fraction of sp³-hybridized carbons (Fsp3) is 0.696. The van der Waals surface area contributed by atoms with E-state index in [9.17, 15) is 4.79 Å². The van der Waals surface area contributed by atoms with Crippen molar-refractivity contribution in [1.82, 2.24) is 10.2 Å². The number of ether oxygens (including phenoxy) is 1. The van der Waals surface area contributed by atoms with E-state index in [0.717, 1.165) is 12.3 Å². The van der Waals surface area contributed by atoms with Crippen molar-refractivity contribution in [2.24, 2.45) is 5.92 Å². The van der Waals surface area contributed by atoms with Gasteiger partial charge in [-0.15, -0.1) is 0 Å². The third-order valence-corrected chi connectivity index (χ3v) is 8.18. The Morgan fingerprint density at radius 1 is 1.38 bits per heavy atom. The van der Waals surface area contributed by atoms with Gasteiger partial charge in [-0.3, -0.25) is 4.79 Å². The number of aryl methyl sites for hydroxylation is 1. The molecule has 1 saturated carbocycles. The molecule has 2 heterocycles. The SMILES string of the molecule is COCCCC(=O)NC1Nc2cc(C34CCCCC3CN(C)CC4)c(C)cc2S1. The summed E-state index contributed by atoms with van der Waals surface area (Å²) in [6.45, 7) is 5.32. The Bertz CT molecular complexity index is 756. The second kappa shape index (κ2) is 8.86. The second-order valence-corrected chi connectivity index (χ2v) is 10.2. The molecule has 3 atom stereocenters. The summed E-state index contributed by atoms with van der Waals surface area (Å²) in [6.07, 6.45) is 7.91. The third-order valence-electron chi connectivity index (χ3n) is 7.12. The van der Waals surface area contributed by atoms with Gasteiger partial charge in [-0.2, -0.15) is 0 Å². The predicted octanol–water partition coefficient (Wildman–Crippen LogP) is 4.10. The van der Waals surface area contributed by atoms with E-state index < -0.39 is 0 Å². The highest BCUT2D eigenvalue weighted by molar-refractivity contribution is 8.00. The molecule has 1 aromatic rings. The molecule has 0 bridgehead atoms. The lowest BCUT2D eigenvalue weighted by Crippen LogP contribution is -2.50. The zero-order valence-electron chi connectivity index (χ0n) is 18.1. The number of benzene rings is 1. The molecule has 1 saturated heterocycles. The summed E-state index contributed by atoms with van der Waals surface area (Å²) >= 11 is 1.72. The molecule has 1 amide bonds. The minimum atomic E-state index is -0.0770. The van der Waals surface area contributed by atoms with Crippen LogP contribution in [0.3, 0.4) is 0 Å². The highest BCUT2D eigenvalue weighted by Crippen LogP contribution is 2.52. The monoisotopic (exact) mass is 417 g/mol. The molecule has 3 aliphatic rings. The molecule has 6 heteroatoms. The standard InChI is InChI=1S/C23H35N3O2S/c1-16-13-20-19(24-22(29-20)25-21(27)8-6-12-28-3)14-18(16)23-9-5-4-7-17(23)15-26(2)11-10-23/h13-14,17,22,24H,4-12,15H2,1-3H3,(H,25,27). The van der Waals surface area contributed by atoms with Crippen molar-refractivity contribution in [3.63, 3.8) is 0 Å². The van der Waals surface area contributed by atoms with Gasteiger partial charge >= 0.3 is 0 Å². The van der Waals surface area contributed by atoms with Crippen molar-refractivity contribution >= 4 is 23.4 Å². The molecule has 5 nitrogen and oxygen atoms in total. The Morgan fingerprint density at radius 3 is 3.07 bits per heavy atom. The number of hydrogen-bond acceptors (Lipinski definition) is 5. The average Bonchev–Trinajstić information content (AvgIpc) is 3.08. The Labute approximate surface area is 179 Å². The van der Waals surface area contributed by atoms with Gasteiger partial charge in [0.1, 0.15) is 0 Å². The molecule has 29 heavy (non-hydrogen) atoms. The van der Waals surface area contributed by atoms with Gasteiger partial charge in [0.2, 0.25) is 5.91 Å². The van der Waals surface area contributed by atoms with Crippen molar-refractivity contribution in [2.75, 3.05) is 39.2 Å². The fourth-order valence-electron chi connectivity index (χ4n) is 5.64. The summed E-state index contributed by atoms with van der Waals surface area (Å²) in [7, 11) is 3.94. The largest absolute Gasteiger partial charge is 0.385 e. The number of nitrogens with one attached hydrogen (secondary N) is 2. The van der Waals surface area contributed by atoms with Crippen LogP contribution >= 0.6 is 11.8 Å². The number of carbonyl (C=O) groups excluding carboxylic acids is 1. The van der Waals surface area contributed by atoms with Gasteiger partial charge in [0.05, 0.1) is 5.69 Å². The van der Waals surface area contributed by atoms with Crippen molar-refractivity contribution in [2.45, 2.75) is 67.7 Å². The van der Waals surface area contributed by atoms with E-state index in [0.29, 0.717) is 18.4 Å². The van der Waals surface area contributed by atoms with Gasteiger partial charge < -0.3 is 20.3 Å². The zero-order chi connectivity index (χ0) is 20.4. The summed E-state index contributed by atoms with van der Waals surface area (Å²) in [6, 6.07) is 4.76.